The van der Waals surface area contributed by atoms with Crippen LogP contribution in [0.3, 0.4) is 0 Å². The molecule has 0 radical (unpaired) electrons. The van der Waals surface area contributed by atoms with Crippen LogP contribution >= 0.6 is 0 Å². The summed E-state index contributed by atoms with van der Waals surface area (Å²) in [4.78, 5) is 2.43. The molecule has 0 saturated carbocycles. The van der Waals surface area contributed by atoms with Crippen molar-refractivity contribution in [1.82, 2.24) is 9.78 Å². The van der Waals surface area contributed by atoms with Gasteiger partial charge in [-0.25, -0.2) is 0 Å². The average Bonchev–Trinajstić information content (AvgIpc) is 2.74. The highest BCUT2D eigenvalue weighted by molar-refractivity contribution is 5.39. The van der Waals surface area contributed by atoms with Gasteiger partial charge in [-0.2, -0.15) is 5.10 Å². The van der Waals surface area contributed by atoms with Crippen molar-refractivity contribution >= 4 is 5.82 Å². The van der Waals surface area contributed by atoms with E-state index in [2.05, 4.69) is 23.0 Å². The average molecular weight is 222 g/mol. The Kier molecular flexibility index (Phi) is 3.49. The third-order valence-electron chi connectivity index (χ3n) is 3.63. The fraction of sp³-hybridized carbons (Fsp3) is 0.750. The number of hydrogen-bond acceptors (Lipinski definition) is 3. The van der Waals surface area contributed by atoms with Crippen molar-refractivity contribution in [2.75, 3.05) is 18.0 Å². The summed E-state index contributed by atoms with van der Waals surface area (Å²) >= 11 is 0. The van der Waals surface area contributed by atoms with Gasteiger partial charge in [0.05, 0.1) is 0 Å². The van der Waals surface area contributed by atoms with E-state index in [1.807, 2.05) is 17.9 Å². The Morgan fingerprint density at radius 1 is 1.56 bits per heavy atom. The highest BCUT2D eigenvalue weighted by atomic mass is 15.3. The molecule has 4 heteroatoms. The van der Waals surface area contributed by atoms with Crippen molar-refractivity contribution in [1.29, 1.82) is 0 Å². The molecule has 0 spiro atoms. The molecular weight excluding hydrogens is 200 g/mol. The second-order valence-corrected chi connectivity index (χ2v) is 4.65. The van der Waals surface area contributed by atoms with Gasteiger partial charge in [0.1, 0.15) is 0 Å². The maximum Gasteiger partial charge on any atom is 0.150 e. The first-order valence-electron chi connectivity index (χ1n) is 6.22. The Bertz CT molecular complexity index is 334. The maximum absolute atomic E-state index is 5.86. The van der Waals surface area contributed by atoms with Crippen LogP contribution in [0.15, 0.2) is 12.3 Å². The lowest BCUT2D eigenvalue weighted by atomic mass is 9.87. The number of hydrogen-bond donors (Lipinski definition) is 1. The van der Waals surface area contributed by atoms with Crippen LogP contribution in [-0.2, 0) is 7.05 Å². The molecule has 1 saturated heterocycles. The van der Waals surface area contributed by atoms with Crippen LogP contribution in [0.2, 0.25) is 0 Å². The third kappa shape index (κ3) is 2.07. The lowest BCUT2D eigenvalue weighted by Crippen LogP contribution is -2.47. The lowest BCUT2D eigenvalue weighted by molar-refractivity contribution is 0.319. The molecule has 1 aliphatic rings. The molecule has 0 bridgehead atoms. The summed E-state index contributed by atoms with van der Waals surface area (Å²) in [7, 11) is 1.97. The summed E-state index contributed by atoms with van der Waals surface area (Å²) in [6.45, 7) is 4.16. The summed E-state index contributed by atoms with van der Waals surface area (Å²) < 4.78 is 1.87. The number of nitrogens with two attached hydrogens (primary N) is 1. The van der Waals surface area contributed by atoms with Gasteiger partial charge in [-0.3, -0.25) is 4.68 Å². The van der Waals surface area contributed by atoms with Crippen LogP contribution in [0, 0.1) is 5.92 Å². The Labute approximate surface area is 97.4 Å². The number of rotatable bonds is 3. The van der Waals surface area contributed by atoms with Crippen molar-refractivity contribution < 1.29 is 0 Å². The van der Waals surface area contributed by atoms with Gasteiger partial charge in [-0.05, 0) is 31.7 Å². The predicted octanol–water partition coefficient (Wildman–Crippen LogP) is 1.37. The molecule has 4 nitrogen and oxygen atoms in total. The second-order valence-electron chi connectivity index (χ2n) is 4.65. The maximum atomic E-state index is 5.86. The minimum atomic E-state index is 0.564. The zero-order valence-corrected chi connectivity index (χ0v) is 10.3. The van der Waals surface area contributed by atoms with Gasteiger partial charge >= 0.3 is 0 Å². The molecule has 0 aliphatic carbocycles. The van der Waals surface area contributed by atoms with Crippen LogP contribution < -0.4 is 10.6 Å². The Morgan fingerprint density at radius 2 is 2.38 bits per heavy atom. The van der Waals surface area contributed by atoms with E-state index in [0.29, 0.717) is 12.0 Å². The van der Waals surface area contributed by atoms with Crippen molar-refractivity contribution in [2.45, 2.75) is 32.2 Å². The highest BCUT2D eigenvalue weighted by Gasteiger charge is 2.30. The zero-order valence-electron chi connectivity index (χ0n) is 10.3. The van der Waals surface area contributed by atoms with E-state index in [1.54, 1.807) is 0 Å². The Hall–Kier alpha value is -1.03. The SMILES string of the molecule is CC[C@@H]1[C@@H](CN)CCCN1c1ccn(C)n1. The van der Waals surface area contributed by atoms with Gasteiger partial charge < -0.3 is 10.6 Å². The molecule has 1 fully saturated rings. The van der Waals surface area contributed by atoms with Crippen molar-refractivity contribution in [2.24, 2.45) is 18.7 Å². The minimum Gasteiger partial charge on any atom is -0.352 e. The van der Waals surface area contributed by atoms with E-state index in [0.717, 1.165) is 25.3 Å². The summed E-state index contributed by atoms with van der Waals surface area (Å²) in [5.74, 6) is 1.73. The number of nitrogens with zero attached hydrogens (tertiary/aromatic N) is 3. The van der Waals surface area contributed by atoms with E-state index in [1.165, 1.54) is 12.8 Å². The van der Waals surface area contributed by atoms with Crippen LogP contribution in [0.5, 0.6) is 0 Å². The summed E-state index contributed by atoms with van der Waals surface area (Å²) in [5, 5.41) is 4.50. The molecular formula is C12H22N4. The quantitative estimate of drug-likeness (QED) is 0.840. The highest BCUT2D eigenvalue weighted by Crippen LogP contribution is 2.28. The molecule has 0 unspecified atom stereocenters. The van der Waals surface area contributed by atoms with E-state index in [4.69, 9.17) is 5.73 Å². The van der Waals surface area contributed by atoms with E-state index in [9.17, 15) is 0 Å². The van der Waals surface area contributed by atoms with Crippen molar-refractivity contribution in [3.63, 3.8) is 0 Å². The summed E-state index contributed by atoms with van der Waals surface area (Å²) in [6, 6.07) is 2.66. The molecule has 2 heterocycles. The van der Waals surface area contributed by atoms with E-state index in [-0.39, 0.29) is 0 Å². The Balaban J connectivity index is 2.18. The topological polar surface area (TPSA) is 47.1 Å². The van der Waals surface area contributed by atoms with Crippen LogP contribution in [0.25, 0.3) is 0 Å². The van der Waals surface area contributed by atoms with E-state index < -0.39 is 0 Å². The third-order valence-corrected chi connectivity index (χ3v) is 3.63. The van der Waals surface area contributed by atoms with Crippen LogP contribution in [0.4, 0.5) is 5.82 Å². The monoisotopic (exact) mass is 222 g/mol. The summed E-state index contributed by atoms with van der Waals surface area (Å²) in [5.41, 5.74) is 5.86. The van der Waals surface area contributed by atoms with Crippen LogP contribution in [0.1, 0.15) is 26.2 Å². The largest absolute Gasteiger partial charge is 0.352 e. The zero-order chi connectivity index (χ0) is 11.5. The van der Waals surface area contributed by atoms with Gasteiger partial charge in [0.25, 0.3) is 0 Å². The standard InChI is InChI=1S/C12H22N4/c1-3-11-10(9-13)5-4-7-16(11)12-6-8-15(2)14-12/h6,8,10-11H,3-5,7,9,13H2,1-2H3/t10-,11-/m1/s1. The second kappa shape index (κ2) is 4.87. The number of aromatic nitrogens is 2. The molecule has 16 heavy (non-hydrogen) atoms. The number of aryl methyl sites for hydroxylation is 1. The van der Waals surface area contributed by atoms with Crippen molar-refractivity contribution in [3.05, 3.63) is 12.3 Å². The predicted molar refractivity (Wildman–Crippen MR) is 66.4 cm³/mol. The van der Waals surface area contributed by atoms with Gasteiger partial charge in [-0.1, -0.05) is 6.92 Å². The Morgan fingerprint density at radius 3 is 2.94 bits per heavy atom. The molecule has 2 N–H and O–H groups in total. The molecule has 1 aliphatic heterocycles. The van der Waals surface area contributed by atoms with E-state index >= 15 is 0 Å². The molecule has 2 rings (SSSR count). The van der Waals surface area contributed by atoms with Gasteiger partial charge in [-0.15, -0.1) is 0 Å². The molecule has 0 amide bonds. The molecule has 2 atom stereocenters. The molecule has 1 aromatic heterocycles. The fourth-order valence-electron chi connectivity index (χ4n) is 2.81. The molecule has 0 aromatic carbocycles. The normalized spacial score (nSPS) is 26.1. The molecule has 1 aromatic rings. The summed E-state index contributed by atoms with van der Waals surface area (Å²) in [6.07, 6.45) is 5.65. The minimum absolute atomic E-state index is 0.564. The lowest BCUT2D eigenvalue weighted by Gasteiger charge is -2.40. The smallest absolute Gasteiger partial charge is 0.150 e. The van der Waals surface area contributed by atoms with Crippen LogP contribution in [-0.4, -0.2) is 28.9 Å². The fourth-order valence-corrected chi connectivity index (χ4v) is 2.81. The number of piperidine rings is 1. The molecule has 90 valence electrons. The van der Waals surface area contributed by atoms with Gasteiger partial charge in [0.2, 0.25) is 0 Å². The van der Waals surface area contributed by atoms with Gasteiger partial charge in [0, 0.05) is 31.9 Å². The first kappa shape index (κ1) is 11.5. The first-order valence-corrected chi connectivity index (χ1v) is 6.22. The van der Waals surface area contributed by atoms with Crippen molar-refractivity contribution in [3.8, 4) is 0 Å². The van der Waals surface area contributed by atoms with Gasteiger partial charge in [0.15, 0.2) is 5.82 Å². The number of anilines is 1. The first-order chi connectivity index (χ1) is 7.76.